The van der Waals surface area contributed by atoms with Gasteiger partial charge in [-0.25, -0.2) is 0 Å². The zero-order valence-electron chi connectivity index (χ0n) is 9.23. The summed E-state index contributed by atoms with van der Waals surface area (Å²) in [5.41, 5.74) is 0.801. The fraction of sp³-hybridized carbons (Fsp3) is 0.417. The lowest BCUT2D eigenvalue weighted by Crippen LogP contribution is -2.18. The third-order valence-electron chi connectivity index (χ3n) is 2.27. The summed E-state index contributed by atoms with van der Waals surface area (Å²) in [6.07, 6.45) is 0.213. The molecular formula is C12H15NOS. The molecule has 0 aliphatic heterocycles. The van der Waals surface area contributed by atoms with E-state index in [1.165, 1.54) is 0 Å². The molecule has 0 aliphatic carbocycles. The predicted octanol–water partition coefficient (Wildman–Crippen LogP) is 3.84. The fourth-order valence-electron chi connectivity index (χ4n) is 1.00. The third-order valence-corrected chi connectivity index (χ3v) is 2.36. The summed E-state index contributed by atoms with van der Waals surface area (Å²) in [7, 11) is 0. The molecule has 0 spiro atoms. The lowest BCUT2D eigenvalue weighted by Gasteiger charge is -2.17. The Bertz CT molecular complexity index is 352. The number of benzene rings is 1. The van der Waals surface area contributed by atoms with Gasteiger partial charge in [-0.2, -0.15) is 4.99 Å². The van der Waals surface area contributed by atoms with Gasteiger partial charge in [0.25, 0.3) is 0 Å². The minimum Gasteiger partial charge on any atom is -0.490 e. The molecule has 0 bridgehead atoms. The molecule has 1 rings (SSSR count). The zero-order chi connectivity index (χ0) is 11.3. The lowest BCUT2D eigenvalue weighted by molar-refractivity contribution is 0.170. The number of hydrogen-bond acceptors (Lipinski definition) is 3. The second-order valence-corrected chi connectivity index (χ2v) is 3.95. The van der Waals surface area contributed by atoms with E-state index in [1.807, 2.05) is 24.3 Å². The Morgan fingerprint density at radius 3 is 2.27 bits per heavy atom. The minimum absolute atomic E-state index is 0.213. The van der Waals surface area contributed by atoms with Crippen LogP contribution >= 0.6 is 12.2 Å². The van der Waals surface area contributed by atoms with Gasteiger partial charge in [0, 0.05) is 0 Å². The van der Waals surface area contributed by atoms with Crippen molar-refractivity contribution in [2.75, 3.05) is 0 Å². The molecule has 0 aliphatic rings. The van der Waals surface area contributed by atoms with Crippen LogP contribution in [0.5, 0.6) is 5.75 Å². The molecule has 0 N–H and O–H groups in total. The maximum atomic E-state index is 5.72. The van der Waals surface area contributed by atoms with Gasteiger partial charge in [-0.1, -0.05) is 13.8 Å². The van der Waals surface area contributed by atoms with E-state index in [4.69, 9.17) is 4.74 Å². The van der Waals surface area contributed by atoms with Crippen molar-refractivity contribution < 1.29 is 4.74 Å². The van der Waals surface area contributed by atoms with Crippen molar-refractivity contribution in [3.8, 4) is 5.75 Å². The Kier molecular flexibility index (Phi) is 4.47. The molecule has 0 amide bonds. The van der Waals surface area contributed by atoms with Crippen LogP contribution in [0.2, 0.25) is 0 Å². The second-order valence-electron chi connectivity index (χ2n) is 3.76. The molecule has 0 saturated heterocycles. The first-order chi connectivity index (χ1) is 7.13. The summed E-state index contributed by atoms with van der Waals surface area (Å²) in [4.78, 5) is 3.87. The van der Waals surface area contributed by atoms with Gasteiger partial charge in [0.15, 0.2) is 0 Å². The molecule has 0 saturated carbocycles. The Hall–Kier alpha value is -1.18. The zero-order valence-corrected chi connectivity index (χ0v) is 10.0. The van der Waals surface area contributed by atoms with Gasteiger partial charge in [0.2, 0.25) is 0 Å². The first-order valence-electron chi connectivity index (χ1n) is 4.98. The summed E-state index contributed by atoms with van der Waals surface area (Å²) in [6, 6.07) is 7.51. The summed E-state index contributed by atoms with van der Waals surface area (Å²) in [6.45, 7) is 6.33. The van der Waals surface area contributed by atoms with Gasteiger partial charge in [0.1, 0.15) is 5.75 Å². The van der Waals surface area contributed by atoms with Gasteiger partial charge >= 0.3 is 0 Å². The van der Waals surface area contributed by atoms with Crippen molar-refractivity contribution in [2.45, 2.75) is 26.9 Å². The molecule has 1 aromatic carbocycles. The van der Waals surface area contributed by atoms with Crippen LogP contribution in [0.4, 0.5) is 5.69 Å². The average Bonchev–Trinajstić information content (AvgIpc) is 2.21. The molecule has 15 heavy (non-hydrogen) atoms. The largest absolute Gasteiger partial charge is 0.490 e. The average molecular weight is 221 g/mol. The highest BCUT2D eigenvalue weighted by Gasteiger charge is 2.07. The SMILES string of the molecule is CC(C)C(C)Oc1ccc(N=C=S)cc1. The Morgan fingerprint density at radius 1 is 1.20 bits per heavy atom. The summed E-state index contributed by atoms with van der Waals surface area (Å²) in [5, 5.41) is 2.33. The lowest BCUT2D eigenvalue weighted by atomic mass is 10.1. The number of aliphatic imine (C=N–C) groups is 1. The summed E-state index contributed by atoms with van der Waals surface area (Å²) >= 11 is 4.52. The summed E-state index contributed by atoms with van der Waals surface area (Å²) < 4.78 is 5.72. The highest BCUT2D eigenvalue weighted by atomic mass is 32.1. The number of rotatable bonds is 4. The van der Waals surface area contributed by atoms with Gasteiger partial charge in [-0.15, -0.1) is 0 Å². The first kappa shape index (κ1) is 11.9. The van der Waals surface area contributed by atoms with Crippen molar-refractivity contribution >= 4 is 23.1 Å². The molecule has 0 fully saturated rings. The monoisotopic (exact) mass is 221 g/mol. The van der Waals surface area contributed by atoms with Gasteiger partial charge in [-0.3, -0.25) is 0 Å². The van der Waals surface area contributed by atoms with Crippen LogP contribution in [0.25, 0.3) is 0 Å². The molecule has 0 aromatic heterocycles. The number of ether oxygens (including phenoxy) is 1. The molecule has 80 valence electrons. The predicted molar refractivity (Wildman–Crippen MR) is 66.1 cm³/mol. The van der Waals surface area contributed by atoms with Crippen molar-refractivity contribution in [3.63, 3.8) is 0 Å². The molecule has 0 radical (unpaired) electrons. The number of isothiocyanates is 1. The quantitative estimate of drug-likeness (QED) is 0.569. The van der Waals surface area contributed by atoms with E-state index in [-0.39, 0.29) is 6.10 Å². The molecule has 1 unspecified atom stereocenters. The van der Waals surface area contributed by atoms with Gasteiger partial charge in [0.05, 0.1) is 17.0 Å². The first-order valence-corrected chi connectivity index (χ1v) is 5.39. The molecular weight excluding hydrogens is 206 g/mol. The van der Waals surface area contributed by atoms with Crippen LogP contribution in [0.3, 0.4) is 0 Å². The van der Waals surface area contributed by atoms with Crippen LogP contribution in [0.1, 0.15) is 20.8 Å². The minimum atomic E-state index is 0.213. The Labute approximate surface area is 96.0 Å². The molecule has 1 atom stereocenters. The fourth-order valence-corrected chi connectivity index (χ4v) is 1.11. The van der Waals surface area contributed by atoms with Crippen molar-refractivity contribution in [2.24, 2.45) is 10.9 Å². The second kappa shape index (κ2) is 5.64. The van der Waals surface area contributed by atoms with E-state index in [1.54, 1.807) is 0 Å². The van der Waals surface area contributed by atoms with Crippen LogP contribution < -0.4 is 4.74 Å². The number of hydrogen-bond donors (Lipinski definition) is 0. The third kappa shape index (κ3) is 3.82. The maximum Gasteiger partial charge on any atom is 0.119 e. The van der Waals surface area contributed by atoms with E-state index in [9.17, 15) is 0 Å². The Balaban J connectivity index is 2.68. The Morgan fingerprint density at radius 2 is 1.80 bits per heavy atom. The summed E-state index contributed by atoms with van der Waals surface area (Å²) in [5.74, 6) is 1.36. The topological polar surface area (TPSA) is 21.6 Å². The van der Waals surface area contributed by atoms with Gasteiger partial charge < -0.3 is 4.74 Å². The van der Waals surface area contributed by atoms with Crippen LogP contribution in [0.15, 0.2) is 29.3 Å². The highest BCUT2D eigenvalue weighted by Crippen LogP contribution is 2.20. The van der Waals surface area contributed by atoms with Crippen LogP contribution in [-0.2, 0) is 0 Å². The normalized spacial score (nSPS) is 12.0. The van der Waals surface area contributed by atoms with Crippen molar-refractivity contribution in [1.29, 1.82) is 0 Å². The van der Waals surface area contributed by atoms with Crippen LogP contribution in [0, 0.1) is 5.92 Å². The molecule has 2 nitrogen and oxygen atoms in total. The van der Waals surface area contributed by atoms with E-state index >= 15 is 0 Å². The highest BCUT2D eigenvalue weighted by molar-refractivity contribution is 7.78. The van der Waals surface area contributed by atoms with Crippen molar-refractivity contribution in [3.05, 3.63) is 24.3 Å². The standard InChI is InChI=1S/C12H15NOS/c1-9(2)10(3)14-12-6-4-11(5-7-12)13-8-15/h4-7,9-10H,1-3H3. The van der Waals surface area contributed by atoms with E-state index in [0.717, 1.165) is 11.4 Å². The van der Waals surface area contributed by atoms with Crippen molar-refractivity contribution in [1.82, 2.24) is 0 Å². The van der Waals surface area contributed by atoms with E-state index in [0.29, 0.717) is 5.92 Å². The molecule has 3 heteroatoms. The number of thiocarbonyl (C=S) groups is 1. The smallest absolute Gasteiger partial charge is 0.119 e. The van der Waals surface area contributed by atoms with Crippen LogP contribution in [-0.4, -0.2) is 11.3 Å². The van der Waals surface area contributed by atoms with E-state index < -0.39 is 0 Å². The molecule has 0 heterocycles. The number of nitrogens with zero attached hydrogens (tertiary/aromatic N) is 1. The molecule has 1 aromatic rings. The maximum absolute atomic E-state index is 5.72. The van der Waals surface area contributed by atoms with Gasteiger partial charge in [-0.05, 0) is 49.3 Å². The van der Waals surface area contributed by atoms with E-state index in [2.05, 4.69) is 43.1 Å².